The van der Waals surface area contributed by atoms with Gasteiger partial charge in [-0.05, 0) is 57.4 Å². The molecule has 1 amide bonds. The number of aromatic nitrogens is 2. The second kappa shape index (κ2) is 11.4. The summed E-state index contributed by atoms with van der Waals surface area (Å²) >= 11 is 0. The fraction of sp³-hybridized carbons (Fsp3) is 0.458. The van der Waals surface area contributed by atoms with E-state index in [1.807, 2.05) is 13.8 Å². The molecular weight excluding hydrogens is 456 g/mol. The van der Waals surface area contributed by atoms with Gasteiger partial charge in [-0.25, -0.2) is 17.9 Å². The molecule has 9 nitrogen and oxygen atoms in total. The van der Waals surface area contributed by atoms with E-state index in [1.165, 1.54) is 19.1 Å². The van der Waals surface area contributed by atoms with Crippen LogP contribution in [-0.4, -0.2) is 53.6 Å². The molecule has 184 valence electrons. The van der Waals surface area contributed by atoms with Gasteiger partial charge in [-0.2, -0.15) is 9.40 Å². The van der Waals surface area contributed by atoms with Crippen molar-refractivity contribution in [1.82, 2.24) is 14.1 Å². The van der Waals surface area contributed by atoms with Gasteiger partial charge in [0.05, 0.1) is 11.1 Å². The Hall–Kier alpha value is -2.98. The normalized spacial score (nSPS) is 16.4. The molecule has 1 saturated heterocycles. The second-order valence-corrected chi connectivity index (χ2v) is 10.5. The maximum atomic E-state index is 12.9. The van der Waals surface area contributed by atoms with E-state index in [4.69, 9.17) is 4.74 Å². The summed E-state index contributed by atoms with van der Waals surface area (Å²) in [6, 6.07) is 8.09. The zero-order valence-electron chi connectivity index (χ0n) is 19.8. The topological polar surface area (TPSA) is 111 Å². The van der Waals surface area contributed by atoms with E-state index in [9.17, 15) is 18.0 Å². The number of benzene rings is 1. The predicted octanol–water partition coefficient (Wildman–Crippen LogP) is 3.61. The average Bonchev–Trinajstić information content (AvgIpc) is 3.09. The third kappa shape index (κ3) is 6.54. The highest BCUT2D eigenvalue weighted by Crippen LogP contribution is 2.21. The van der Waals surface area contributed by atoms with Gasteiger partial charge in [0.1, 0.15) is 5.82 Å². The lowest BCUT2D eigenvalue weighted by molar-refractivity contribution is -0.148. The molecule has 1 atom stereocenters. The predicted molar refractivity (Wildman–Crippen MR) is 129 cm³/mol. The Balaban J connectivity index is 1.56. The summed E-state index contributed by atoms with van der Waals surface area (Å²) in [5.41, 5.74) is 0.643. The van der Waals surface area contributed by atoms with Gasteiger partial charge in [0, 0.05) is 31.3 Å². The molecule has 0 saturated carbocycles. The number of esters is 1. The average molecular weight is 489 g/mol. The van der Waals surface area contributed by atoms with Crippen molar-refractivity contribution in [3.8, 4) is 0 Å². The molecule has 0 aliphatic carbocycles. The summed E-state index contributed by atoms with van der Waals surface area (Å²) in [7, 11) is -3.52. The fourth-order valence-corrected chi connectivity index (χ4v) is 5.18. The second-order valence-electron chi connectivity index (χ2n) is 8.54. The van der Waals surface area contributed by atoms with E-state index in [-0.39, 0.29) is 10.9 Å². The van der Waals surface area contributed by atoms with Crippen molar-refractivity contribution in [1.29, 1.82) is 0 Å². The van der Waals surface area contributed by atoms with Crippen molar-refractivity contribution < 1.29 is 22.7 Å². The molecule has 34 heavy (non-hydrogen) atoms. The smallest absolute Gasteiger partial charge is 0.331 e. The van der Waals surface area contributed by atoms with Crippen LogP contribution in [-0.2, 0) is 24.3 Å². The molecule has 10 heteroatoms. The van der Waals surface area contributed by atoms with Crippen LogP contribution in [0, 0.1) is 0 Å². The summed E-state index contributed by atoms with van der Waals surface area (Å²) in [5.74, 6) is -0.623. The molecule has 2 aromatic rings. The van der Waals surface area contributed by atoms with Crippen LogP contribution in [0.5, 0.6) is 0 Å². The van der Waals surface area contributed by atoms with Crippen molar-refractivity contribution in [3.63, 3.8) is 0 Å². The molecular formula is C24H32N4O5S. The van der Waals surface area contributed by atoms with Crippen LogP contribution in [0.2, 0.25) is 0 Å². The third-order valence-electron chi connectivity index (χ3n) is 5.57. The molecule has 1 N–H and O–H groups in total. The zero-order chi connectivity index (χ0) is 24.7. The number of amides is 1. The van der Waals surface area contributed by atoms with Gasteiger partial charge in [0.25, 0.3) is 5.91 Å². The third-order valence-corrected chi connectivity index (χ3v) is 7.48. The molecule has 1 aliphatic rings. The van der Waals surface area contributed by atoms with Crippen molar-refractivity contribution in [2.24, 2.45) is 0 Å². The molecule has 0 radical (unpaired) electrons. The Labute approximate surface area is 200 Å². The summed E-state index contributed by atoms with van der Waals surface area (Å²) in [5, 5.41) is 6.85. The van der Waals surface area contributed by atoms with Crippen LogP contribution in [0.25, 0.3) is 6.08 Å². The quantitative estimate of drug-likeness (QED) is 0.449. The molecule has 1 fully saturated rings. The standard InChI is InChI=1S/C24H32N4O5S/c1-18(2)28-22(14-15-25-28)26-24(30)19(3)33-23(29)13-10-20-8-11-21(12-9-20)34(31,32)27-16-6-4-5-7-17-27/h8-15,18-19H,4-7,16-17H2,1-3H3,(H,26,30)/b13-10+. The number of carbonyl (C=O) groups excluding carboxylic acids is 2. The van der Waals surface area contributed by atoms with Crippen molar-refractivity contribution in [3.05, 3.63) is 48.2 Å². The van der Waals surface area contributed by atoms with Gasteiger partial charge in [-0.1, -0.05) is 25.0 Å². The largest absolute Gasteiger partial charge is 0.449 e. The highest BCUT2D eigenvalue weighted by atomic mass is 32.2. The zero-order valence-corrected chi connectivity index (χ0v) is 20.6. The van der Waals surface area contributed by atoms with Crippen LogP contribution < -0.4 is 5.32 Å². The minimum absolute atomic E-state index is 0.0665. The number of hydrogen-bond donors (Lipinski definition) is 1. The number of anilines is 1. The highest BCUT2D eigenvalue weighted by molar-refractivity contribution is 7.89. The molecule has 2 heterocycles. The van der Waals surface area contributed by atoms with Crippen LogP contribution in [0.4, 0.5) is 5.82 Å². The number of nitrogens with zero attached hydrogens (tertiary/aromatic N) is 3. The lowest BCUT2D eigenvalue weighted by Gasteiger charge is -2.19. The Kier molecular flexibility index (Phi) is 8.62. The minimum Gasteiger partial charge on any atom is -0.449 e. The minimum atomic E-state index is -3.52. The number of hydrogen-bond acceptors (Lipinski definition) is 6. The van der Waals surface area contributed by atoms with Crippen LogP contribution in [0.1, 0.15) is 58.1 Å². The molecule has 1 aromatic heterocycles. The Morgan fingerprint density at radius 2 is 1.68 bits per heavy atom. The lowest BCUT2D eigenvalue weighted by atomic mass is 10.2. The van der Waals surface area contributed by atoms with E-state index in [0.717, 1.165) is 25.7 Å². The van der Waals surface area contributed by atoms with E-state index < -0.39 is 28.0 Å². The van der Waals surface area contributed by atoms with E-state index in [0.29, 0.717) is 24.5 Å². The number of carbonyl (C=O) groups is 2. The van der Waals surface area contributed by atoms with Gasteiger partial charge < -0.3 is 10.1 Å². The maximum Gasteiger partial charge on any atom is 0.331 e. The van der Waals surface area contributed by atoms with Crippen LogP contribution in [0.15, 0.2) is 47.5 Å². The first-order chi connectivity index (χ1) is 16.2. The number of sulfonamides is 1. The van der Waals surface area contributed by atoms with Crippen LogP contribution >= 0.6 is 0 Å². The van der Waals surface area contributed by atoms with Gasteiger partial charge in [0.2, 0.25) is 10.0 Å². The van der Waals surface area contributed by atoms with Crippen molar-refractivity contribution in [2.75, 3.05) is 18.4 Å². The summed E-state index contributed by atoms with van der Waals surface area (Å²) in [6.45, 7) is 6.45. The Morgan fingerprint density at radius 3 is 2.29 bits per heavy atom. The Bertz CT molecular complexity index is 1110. The summed E-state index contributed by atoms with van der Waals surface area (Å²) in [4.78, 5) is 24.8. The summed E-state index contributed by atoms with van der Waals surface area (Å²) < 4.78 is 34.1. The van der Waals surface area contributed by atoms with Crippen molar-refractivity contribution in [2.45, 2.75) is 63.5 Å². The van der Waals surface area contributed by atoms with E-state index in [1.54, 1.807) is 45.5 Å². The van der Waals surface area contributed by atoms with Gasteiger partial charge in [0.15, 0.2) is 6.10 Å². The molecule has 1 unspecified atom stereocenters. The molecule has 1 aliphatic heterocycles. The summed E-state index contributed by atoms with van der Waals surface area (Å²) in [6.07, 6.45) is 7.15. The molecule has 0 spiro atoms. The molecule has 0 bridgehead atoms. The first-order valence-corrected chi connectivity index (χ1v) is 13.0. The van der Waals surface area contributed by atoms with E-state index >= 15 is 0 Å². The first kappa shape index (κ1) is 25.6. The van der Waals surface area contributed by atoms with Crippen LogP contribution in [0.3, 0.4) is 0 Å². The maximum absolute atomic E-state index is 12.9. The van der Waals surface area contributed by atoms with Gasteiger partial charge in [-0.15, -0.1) is 0 Å². The first-order valence-electron chi connectivity index (χ1n) is 11.5. The number of ether oxygens (including phenoxy) is 1. The number of rotatable bonds is 8. The fourth-order valence-electron chi connectivity index (χ4n) is 3.67. The monoisotopic (exact) mass is 488 g/mol. The number of nitrogens with one attached hydrogen (secondary N) is 1. The highest BCUT2D eigenvalue weighted by Gasteiger charge is 2.25. The van der Waals surface area contributed by atoms with E-state index in [2.05, 4.69) is 10.4 Å². The molecule has 1 aromatic carbocycles. The Morgan fingerprint density at radius 1 is 1.03 bits per heavy atom. The van der Waals surface area contributed by atoms with Gasteiger partial charge >= 0.3 is 5.97 Å². The SMILES string of the molecule is CC(OC(=O)/C=C/c1ccc(S(=O)(=O)N2CCCCCC2)cc1)C(=O)Nc1ccnn1C(C)C. The molecule has 3 rings (SSSR count). The van der Waals surface area contributed by atoms with Crippen molar-refractivity contribution >= 4 is 33.8 Å². The lowest BCUT2D eigenvalue weighted by Crippen LogP contribution is -2.31. The van der Waals surface area contributed by atoms with Gasteiger partial charge in [-0.3, -0.25) is 4.79 Å².